The number of hydrogen-bond acceptors (Lipinski definition) is 4. The van der Waals surface area contributed by atoms with Gasteiger partial charge in [-0.1, -0.05) is 6.07 Å². The van der Waals surface area contributed by atoms with Crippen LogP contribution in [0.5, 0.6) is 0 Å². The van der Waals surface area contributed by atoms with Crippen molar-refractivity contribution >= 4 is 5.65 Å². The van der Waals surface area contributed by atoms with E-state index in [4.69, 9.17) is 0 Å². The van der Waals surface area contributed by atoms with Gasteiger partial charge in [0.1, 0.15) is 5.65 Å². The quantitative estimate of drug-likeness (QED) is 0.838. The maximum Gasteiger partial charge on any atom is 0.137 e. The summed E-state index contributed by atoms with van der Waals surface area (Å²) in [5.41, 5.74) is 3.28. The van der Waals surface area contributed by atoms with E-state index in [1.807, 2.05) is 6.07 Å². The molecule has 1 aliphatic heterocycles. The molecule has 5 nitrogen and oxygen atoms in total. The minimum absolute atomic E-state index is 0.194. The van der Waals surface area contributed by atoms with Crippen molar-refractivity contribution in [3.63, 3.8) is 0 Å². The van der Waals surface area contributed by atoms with Crippen LogP contribution in [0.3, 0.4) is 0 Å². The van der Waals surface area contributed by atoms with Gasteiger partial charge in [-0.15, -0.1) is 0 Å². The Bertz CT molecular complexity index is 589. The Morgan fingerprint density at radius 1 is 1.43 bits per heavy atom. The number of aromatic nitrogens is 2. The number of aliphatic hydroxyl groups excluding tert-OH is 1. The second-order valence-electron chi connectivity index (χ2n) is 5.96. The Kier molecular flexibility index (Phi) is 4.53. The molecule has 2 aromatic rings. The van der Waals surface area contributed by atoms with Gasteiger partial charge in [0.05, 0.1) is 12.3 Å². The molecular weight excluding hydrogens is 264 g/mol. The Morgan fingerprint density at radius 2 is 2.33 bits per heavy atom. The molecule has 2 N–H and O–H groups in total. The highest BCUT2D eigenvalue weighted by Gasteiger charge is 2.18. The van der Waals surface area contributed by atoms with E-state index in [-0.39, 0.29) is 6.61 Å². The van der Waals surface area contributed by atoms with Gasteiger partial charge in [-0.2, -0.15) is 0 Å². The molecule has 0 amide bonds. The van der Waals surface area contributed by atoms with Crippen molar-refractivity contribution in [1.29, 1.82) is 0 Å². The molecule has 5 heteroatoms. The van der Waals surface area contributed by atoms with Crippen LogP contribution in [0.4, 0.5) is 0 Å². The van der Waals surface area contributed by atoms with Crippen LogP contribution in [0.1, 0.15) is 24.1 Å². The summed E-state index contributed by atoms with van der Waals surface area (Å²) < 4.78 is 2.08. The molecule has 21 heavy (non-hydrogen) atoms. The first-order valence-corrected chi connectivity index (χ1v) is 7.75. The van der Waals surface area contributed by atoms with Crippen LogP contribution in [-0.2, 0) is 6.54 Å². The summed E-state index contributed by atoms with van der Waals surface area (Å²) in [4.78, 5) is 6.96. The van der Waals surface area contributed by atoms with Gasteiger partial charge in [0.15, 0.2) is 0 Å². The molecular formula is C16H24N4O. The minimum Gasteiger partial charge on any atom is -0.395 e. The Hall–Kier alpha value is -1.43. The average molecular weight is 288 g/mol. The van der Waals surface area contributed by atoms with Crippen LogP contribution in [0.2, 0.25) is 0 Å². The molecule has 1 atom stereocenters. The fraction of sp³-hybridized carbons (Fsp3) is 0.562. The smallest absolute Gasteiger partial charge is 0.137 e. The number of pyridine rings is 1. The third-order valence-corrected chi connectivity index (χ3v) is 4.09. The van der Waals surface area contributed by atoms with Crippen molar-refractivity contribution in [2.75, 3.05) is 26.2 Å². The van der Waals surface area contributed by atoms with Crippen LogP contribution in [0, 0.1) is 6.92 Å². The van der Waals surface area contributed by atoms with Gasteiger partial charge in [-0.05, 0) is 37.9 Å². The lowest BCUT2D eigenvalue weighted by Gasteiger charge is -2.23. The predicted octanol–water partition coefficient (Wildman–Crippen LogP) is 1.19. The van der Waals surface area contributed by atoms with Gasteiger partial charge in [-0.3, -0.25) is 4.90 Å². The van der Waals surface area contributed by atoms with E-state index in [1.54, 1.807) is 0 Å². The van der Waals surface area contributed by atoms with E-state index < -0.39 is 0 Å². The standard InChI is InChI=1S/C16H24N4O/c1-13-4-5-16-18-15(12-20(16)9-13)11-19(7-8-21)10-14-3-2-6-17-14/h4-5,9,12,14,17,21H,2-3,6-8,10-11H2,1H3. The molecule has 114 valence electrons. The van der Waals surface area contributed by atoms with Crippen LogP contribution in [-0.4, -0.2) is 51.7 Å². The SMILES string of the molecule is Cc1ccc2nc(CN(CCO)CC3CCCN3)cn2c1. The van der Waals surface area contributed by atoms with Crippen LogP contribution < -0.4 is 5.32 Å². The number of aryl methyl sites for hydroxylation is 1. The molecule has 1 unspecified atom stereocenters. The summed E-state index contributed by atoms with van der Waals surface area (Å²) in [6, 6.07) is 4.68. The molecule has 1 aliphatic rings. The highest BCUT2D eigenvalue weighted by atomic mass is 16.3. The largest absolute Gasteiger partial charge is 0.395 e. The molecule has 0 bridgehead atoms. The summed E-state index contributed by atoms with van der Waals surface area (Å²) >= 11 is 0. The Morgan fingerprint density at radius 3 is 3.10 bits per heavy atom. The Balaban J connectivity index is 1.70. The maximum absolute atomic E-state index is 9.28. The van der Waals surface area contributed by atoms with Crippen LogP contribution in [0.25, 0.3) is 5.65 Å². The summed E-state index contributed by atoms with van der Waals surface area (Å²) in [6.07, 6.45) is 6.67. The van der Waals surface area contributed by atoms with E-state index >= 15 is 0 Å². The molecule has 1 fully saturated rings. The molecule has 0 saturated carbocycles. The molecule has 0 spiro atoms. The maximum atomic E-state index is 9.28. The number of rotatable bonds is 6. The predicted molar refractivity (Wildman–Crippen MR) is 83.3 cm³/mol. The number of hydrogen-bond donors (Lipinski definition) is 2. The lowest BCUT2D eigenvalue weighted by molar-refractivity contribution is 0.178. The molecule has 1 saturated heterocycles. The third-order valence-electron chi connectivity index (χ3n) is 4.09. The fourth-order valence-electron chi connectivity index (χ4n) is 3.06. The van der Waals surface area contributed by atoms with Crippen molar-refractivity contribution in [3.05, 3.63) is 35.8 Å². The summed E-state index contributed by atoms with van der Waals surface area (Å²) in [6.45, 7) is 5.87. The van der Waals surface area contributed by atoms with Gasteiger partial charge in [0.25, 0.3) is 0 Å². The first-order valence-electron chi connectivity index (χ1n) is 7.75. The zero-order valence-corrected chi connectivity index (χ0v) is 12.6. The average Bonchev–Trinajstić information content (AvgIpc) is 3.07. The molecule has 0 radical (unpaired) electrons. The fourth-order valence-corrected chi connectivity index (χ4v) is 3.06. The van der Waals surface area contributed by atoms with E-state index in [0.29, 0.717) is 12.6 Å². The first kappa shape index (κ1) is 14.5. The summed E-state index contributed by atoms with van der Waals surface area (Å²) in [5.74, 6) is 0. The van der Waals surface area contributed by atoms with Gasteiger partial charge >= 0.3 is 0 Å². The zero-order valence-electron chi connectivity index (χ0n) is 12.6. The number of nitrogens with one attached hydrogen (secondary N) is 1. The lowest BCUT2D eigenvalue weighted by atomic mass is 10.2. The zero-order chi connectivity index (χ0) is 14.7. The van der Waals surface area contributed by atoms with E-state index in [1.165, 1.54) is 18.4 Å². The molecule has 3 rings (SSSR count). The summed E-state index contributed by atoms with van der Waals surface area (Å²) in [5, 5.41) is 12.8. The van der Waals surface area contributed by atoms with Crippen LogP contribution in [0.15, 0.2) is 24.5 Å². The van der Waals surface area contributed by atoms with E-state index in [9.17, 15) is 5.11 Å². The Labute approximate surface area is 125 Å². The second-order valence-corrected chi connectivity index (χ2v) is 5.96. The molecule has 2 aromatic heterocycles. The van der Waals surface area contributed by atoms with Gasteiger partial charge < -0.3 is 14.8 Å². The van der Waals surface area contributed by atoms with Crippen molar-refractivity contribution in [1.82, 2.24) is 19.6 Å². The second kappa shape index (κ2) is 6.56. The highest BCUT2D eigenvalue weighted by molar-refractivity contribution is 5.41. The first-order chi connectivity index (χ1) is 10.2. The minimum atomic E-state index is 0.194. The lowest BCUT2D eigenvalue weighted by Crippen LogP contribution is -2.38. The monoisotopic (exact) mass is 288 g/mol. The highest BCUT2D eigenvalue weighted by Crippen LogP contribution is 2.12. The van der Waals surface area contributed by atoms with Gasteiger partial charge in [-0.25, -0.2) is 4.98 Å². The van der Waals surface area contributed by atoms with E-state index in [0.717, 1.165) is 31.0 Å². The van der Waals surface area contributed by atoms with Crippen molar-refractivity contribution in [2.45, 2.75) is 32.4 Å². The topological polar surface area (TPSA) is 52.8 Å². The third kappa shape index (κ3) is 3.61. The van der Waals surface area contributed by atoms with Crippen molar-refractivity contribution in [2.24, 2.45) is 0 Å². The van der Waals surface area contributed by atoms with Crippen molar-refractivity contribution in [3.8, 4) is 0 Å². The van der Waals surface area contributed by atoms with E-state index in [2.05, 4.69) is 45.0 Å². The molecule has 3 heterocycles. The normalized spacial score (nSPS) is 18.9. The number of fused-ring (bicyclic) bond motifs is 1. The van der Waals surface area contributed by atoms with Crippen LogP contribution >= 0.6 is 0 Å². The molecule has 0 aromatic carbocycles. The summed E-state index contributed by atoms with van der Waals surface area (Å²) in [7, 11) is 0. The van der Waals surface area contributed by atoms with Crippen molar-refractivity contribution < 1.29 is 5.11 Å². The number of aliphatic hydroxyl groups is 1. The van der Waals surface area contributed by atoms with Gasteiger partial charge in [0.2, 0.25) is 0 Å². The van der Waals surface area contributed by atoms with Gasteiger partial charge in [0, 0.05) is 38.1 Å². The number of nitrogens with zero attached hydrogens (tertiary/aromatic N) is 3. The number of imidazole rings is 1. The molecule has 0 aliphatic carbocycles.